The van der Waals surface area contributed by atoms with E-state index in [-0.39, 0.29) is 6.10 Å². The molecule has 72 valence electrons. The van der Waals surface area contributed by atoms with Crippen molar-refractivity contribution in [1.29, 1.82) is 0 Å². The smallest absolute Gasteiger partial charge is 0.182 e. The monoisotopic (exact) mass is 200 g/mol. The summed E-state index contributed by atoms with van der Waals surface area (Å²) >= 11 is 1.59. The summed E-state index contributed by atoms with van der Waals surface area (Å²) in [6, 6.07) is 0. The molecule has 0 aliphatic carbocycles. The second-order valence-electron chi connectivity index (χ2n) is 2.79. The second kappa shape index (κ2) is 4.55. The third kappa shape index (κ3) is 2.65. The van der Waals surface area contributed by atoms with E-state index in [2.05, 4.69) is 10.3 Å². The minimum atomic E-state index is 0.164. The molecule has 1 atom stereocenters. The molecule has 0 aromatic carbocycles. The second-order valence-corrected chi connectivity index (χ2v) is 3.68. The zero-order valence-electron chi connectivity index (χ0n) is 7.23. The molecule has 2 rings (SSSR count). The predicted molar refractivity (Wildman–Crippen MR) is 51.2 cm³/mol. The maximum atomic E-state index is 5.47. The number of hydrogen-bond donors (Lipinski definition) is 1. The molecule has 1 fully saturated rings. The standard InChI is InChI=1S/C8H12N2O2S/c1-4-13-8(9-1)10-5-7-6-11-2-3-12-7/h1,4,7H,2-3,5-6H2,(H,9,10). The van der Waals surface area contributed by atoms with E-state index in [1.807, 2.05) is 5.38 Å². The largest absolute Gasteiger partial charge is 0.376 e. The van der Waals surface area contributed by atoms with Crippen molar-refractivity contribution in [2.24, 2.45) is 0 Å². The highest BCUT2D eigenvalue weighted by Crippen LogP contribution is 2.11. The number of thiazole rings is 1. The first kappa shape index (κ1) is 8.93. The van der Waals surface area contributed by atoms with Crippen LogP contribution in [0.2, 0.25) is 0 Å². The highest BCUT2D eigenvalue weighted by molar-refractivity contribution is 7.13. The molecule has 1 aliphatic heterocycles. The Labute approximate surface area is 80.9 Å². The SMILES string of the molecule is c1csc(NCC2COCCO2)n1. The van der Waals surface area contributed by atoms with Crippen molar-refractivity contribution in [3.63, 3.8) is 0 Å². The fraction of sp³-hybridized carbons (Fsp3) is 0.625. The summed E-state index contributed by atoms with van der Waals surface area (Å²) in [6.45, 7) is 2.86. The average molecular weight is 200 g/mol. The third-order valence-electron chi connectivity index (χ3n) is 1.80. The van der Waals surface area contributed by atoms with Crippen LogP contribution in [0.15, 0.2) is 11.6 Å². The van der Waals surface area contributed by atoms with Gasteiger partial charge in [0.25, 0.3) is 0 Å². The molecule has 2 heterocycles. The normalized spacial score (nSPS) is 22.9. The lowest BCUT2D eigenvalue weighted by Gasteiger charge is -2.22. The summed E-state index contributed by atoms with van der Waals surface area (Å²) in [5, 5.41) is 6.08. The van der Waals surface area contributed by atoms with Gasteiger partial charge in [-0.05, 0) is 0 Å². The van der Waals surface area contributed by atoms with E-state index in [0.717, 1.165) is 11.7 Å². The van der Waals surface area contributed by atoms with E-state index in [1.54, 1.807) is 17.5 Å². The number of anilines is 1. The number of nitrogens with zero attached hydrogens (tertiary/aromatic N) is 1. The van der Waals surface area contributed by atoms with Gasteiger partial charge in [0.05, 0.1) is 25.9 Å². The Morgan fingerprint density at radius 1 is 1.62 bits per heavy atom. The van der Waals surface area contributed by atoms with E-state index in [0.29, 0.717) is 19.8 Å². The quantitative estimate of drug-likeness (QED) is 0.789. The van der Waals surface area contributed by atoms with Crippen molar-refractivity contribution in [3.05, 3.63) is 11.6 Å². The summed E-state index contributed by atoms with van der Waals surface area (Å²) in [6.07, 6.45) is 1.95. The lowest BCUT2D eigenvalue weighted by atomic mass is 10.3. The van der Waals surface area contributed by atoms with Gasteiger partial charge in [-0.3, -0.25) is 0 Å². The Hall–Kier alpha value is -0.650. The molecular formula is C8H12N2O2S. The van der Waals surface area contributed by atoms with Crippen LogP contribution in [-0.2, 0) is 9.47 Å². The summed E-state index contributed by atoms with van der Waals surface area (Å²) in [5.41, 5.74) is 0. The van der Waals surface area contributed by atoms with Gasteiger partial charge in [-0.15, -0.1) is 11.3 Å². The van der Waals surface area contributed by atoms with Crippen molar-refractivity contribution in [3.8, 4) is 0 Å². The summed E-state index contributed by atoms with van der Waals surface area (Å²) in [4.78, 5) is 4.11. The number of aromatic nitrogens is 1. The lowest BCUT2D eigenvalue weighted by molar-refractivity contribution is -0.0818. The molecule has 1 aromatic rings. The summed E-state index contributed by atoms with van der Waals surface area (Å²) < 4.78 is 10.7. The first-order valence-corrected chi connectivity index (χ1v) is 5.16. The Kier molecular flexibility index (Phi) is 3.12. The van der Waals surface area contributed by atoms with Crippen LogP contribution >= 0.6 is 11.3 Å². The third-order valence-corrected chi connectivity index (χ3v) is 2.53. The highest BCUT2D eigenvalue weighted by Gasteiger charge is 2.13. The molecule has 1 unspecified atom stereocenters. The van der Waals surface area contributed by atoms with Crippen LogP contribution in [0.5, 0.6) is 0 Å². The van der Waals surface area contributed by atoms with Crippen molar-refractivity contribution in [2.75, 3.05) is 31.7 Å². The van der Waals surface area contributed by atoms with E-state index in [4.69, 9.17) is 9.47 Å². The molecule has 4 nitrogen and oxygen atoms in total. The molecule has 1 saturated heterocycles. The van der Waals surface area contributed by atoms with E-state index in [9.17, 15) is 0 Å². The fourth-order valence-corrected chi connectivity index (χ4v) is 1.71. The van der Waals surface area contributed by atoms with Gasteiger partial charge in [-0.25, -0.2) is 4.98 Å². The number of ether oxygens (including phenoxy) is 2. The molecule has 1 aromatic heterocycles. The van der Waals surface area contributed by atoms with Gasteiger partial charge in [0, 0.05) is 18.1 Å². The van der Waals surface area contributed by atoms with Crippen molar-refractivity contribution in [1.82, 2.24) is 4.98 Å². The zero-order chi connectivity index (χ0) is 8.93. The molecule has 0 amide bonds. The highest BCUT2D eigenvalue weighted by atomic mass is 32.1. The lowest BCUT2D eigenvalue weighted by Crippen LogP contribution is -2.34. The maximum absolute atomic E-state index is 5.47. The van der Waals surface area contributed by atoms with Crippen molar-refractivity contribution in [2.45, 2.75) is 6.10 Å². The van der Waals surface area contributed by atoms with E-state index < -0.39 is 0 Å². The van der Waals surface area contributed by atoms with Gasteiger partial charge >= 0.3 is 0 Å². The Bertz CT molecular complexity index is 234. The Balaban J connectivity index is 1.72. The van der Waals surface area contributed by atoms with Gasteiger partial charge in [0.1, 0.15) is 0 Å². The van der Waals surface area contributed by atoms with Crippen molar-refractivity contribution >= 4 is 16.5 Å². The Morgan fingerprint density at radius 3 is 3.31 bits per heavy atom. The van der Waals surface area contributed by atoms with Crippen LogP contribution in [0.25, 0.3) is 0 Å². The Morgan fingerprint density at radius 2 is 2.62 bits per heavy atom. The zero-order valence-corrected chi connectivity index (χ0v) is 8.05. The molecular weight excluding hydrogens is 188 g/mol. The van der Waals surface area contributed by atoms with Gasteiger partial charge in [0.15, 0.2) is 5.13 Å². The number of rotatable bonds is 3. The van der Waals surface area contributed by atoms with Crippen molar-refractivity contribution < 1.29 is 9.47 Å². The molecule has 0 bridgehead atoms. The maximum Gasteiger partial charge on any atom is 0.182 e. The minimum Gasteiger partial charge on any atom is -0.376 e. The minimum absolute atomic E-state index is 0.164. The molecule has 0 spiro atoms. The first-order valence-electron chi connectivity index (χ1n) is 4.28. The van der Waals surface area contributed by atoms with Crippen LogP contribution < -0.4 is 5.32 Å². The molecule has 1 N–H and O–H groups in total. The van der Waals surface area contributed by atoms with Gasteiger partial charge < -0.3 is 14.8 Å². The number of hydrogen-bond acceptors (Lipinski definition) is 5. The van der Waals surface area contributed by atoms with Gasteiger partial charge in [0.2, 0.25) is 0 Å². The molecule has 0 saturated carbocycles. The first-order chi connectivity index (χ1) is 6.45. The predicted octanol–water partition coefficient (Wildman–Crippen LogP) is 0.970. The molecule has 0 radical (unpaired) electrons. The van der Waals surface area contributed by atoms with E-state index in [1.165, 1.54) is 0 Å². The van der Waals surface area contributed by atoms with Crippen LogP contribution in [0.1, 0.15) is 0 Å². The number of nitrogens with one attached hydrogen (secondary N) is 1. The van der Waals surface area contributed by atoms with Crippen LogP contribution in [0.3, 0.4) is 0 Å². The van der Waals surface area contributed by atoms with Crippen LogP contribution in [0, 0.1) is 0 Å². The summed E-state index contributed by atoms with van der Waals surface area (Å²) in [7, 11) is 0. The molecule has 13 heavy (non-hydrogen) atoms. The van der Waals surface area contributed by atoms with E-state index >= 15 is 0 Å². The summed E-state index contributed by atoms with van der Waals surface area (Å²) in [5.74, 6) is 0. The average Bonchev–Trinajstić information content (AvgIpc) is 2.69. The topological polar surface area (TPSA) is 43.4 Å². The fourth-order valence-electron chi connectivity index (χ4n) is 1.17. The molecule has 1 aliphatic rings. The molecule has 5 heteroatoms. The van der Waals surface area contributed by atoms with Gasteiger partial charge in [-0.2, -0.15) is 0 Å². The van der Waals surface area contributed by atoms with Crippen LogP contribution in [-0.4, -0.2) is 37.5 Å². The van der Waals surface area contributed by atoms with Gasteiger partial charge in [-0.1, -0.05) is 0 Å². The van der Waals surface area contributed by atoms with Crippen LogP contribution in [0.4, 0.5) is 5.13 Å².